The Balaban J connectivity index is -0.000000347. The van der Waals surface area contributed by atoms with Gasteiger partial charge in [0, 0.05) is 0 Å². The van der Waals surface area contributed by atoms with Crippen LogP contribution >= 0.6 is 0 Å². The molecule has 0 saturated heterocycles. The Morgan fingerprint density at radius 3 is 0.905 bits per heavy atom. The third-order valence-corrected chi connectivity index (χ3v) is 3.83. The van der Waals surface area contributed by atoms with Crippen LogP contribution in [0.15, 0.2) is 0 Å². The van der Waals surface area contributed by atoms with E-state index < -0.39 is 0 Å². The van der Waals surface area contributed by atoms with Gasteiger partial charge >= 0.3 is 0 Å². The molecule has 0 heterocycles. The molecule has 3 heteroatoms. The third-order valence-electron chi connectivity index (χ3n) is 3.83. The van der Waals surface area contributed by atoms with Crippen molar-refractivity contribution >= 4 is 0 Å². The minimum Gasteiger partial charge on any atom is -0.344 e. The second kappa shape index (κ2) is 22.2. The average Bonchev–Trinajstić information content (AvgIpc) is 2.49. The van der Waals surface area contributed by atoms with Crippen molar-refractivity contribution in [3.63, 3.8) is 0 Å². The third kappa shape index (κ3) is 19.9. The maximum Gasteiger partial charge on any atom is -0.00188 e. The van der Waals surface area contributed by atoms with Gasteiger partial charge in [-0.2, -0.15) is 0 Å². The van der Waals surface area contributed by atoms with E-state index in [1.54, 1.807) is 0 Å². The largest absolute Gasteiger partial charge is 0.344 e. The molecule has 0 aromatic heterocycles. The molecule has 0 fully saturated rings. The second-order valence-electron chi connectivity index (χ2n) is 5.52. The van der Waals surface area contributed by atoms with E-state index in [0.29, 0.717) is 0 Å². The predicted molar refractivity (Wildman–Crippen MR) is 99.6 cm³/mol. The molecule has 0 bridgehead atoms. The van der Waals surface area contributed by atoms with E-state index in [0.717, 1.165) is 0 Å². The van der Waals surface area contributed by atoms with Gasteiger partial charge in [-0.05, 0) is 58.5 Å². The summed E-state index contributed by atoms with van der Waals surface area (Å²) in [5.74, 6) is 0. The van der Waals surface area contributed by atoms with Gasteiger partial charge in [-0.1, -0.05) is 60.8 Å². The summed E-state index contributed by atoms with van der Waals surface area (Å²) in [6.45, 7) is 20.9. The van der Waals surface area contributed by atoms with Crippen molar-refractivity contribution in [1.29, 1.82) is 0 Å². The first-order valence-electron chi connectivity index (χ1n) is 9.14. The quantitative estimate of drug-likeness (QED) is 0.539. The lowest BCUT2D eigenvalue weighted by Gasteiger charge is -2.21. The van der Waals surface area contributed by atoms with Crippen LogP contribution in [0.2, 0.25) is 0 Å². The highest BCUT2D eigenvalue weighted by Gasteiger charge is 2.01. The predicted octanol–water partition coefficient (Wildman–Crippen LogP) is 5.20. The van der Waals surface area contributed by atoms with Crippen LogP contribution in [-0.4, -0.2) is 49.1 Å². The first kappa shape index (κ1) is 25.8. The van der Waals surface area contributed by atoms with Gasteiger partial charge in [-0.3, -0.25) is 0 Å². The van der Waals surface area contributed by atoms with Crippen LogP contribution in [0.4, 0.5) is 0 Å². The van der Waals surface area contributed by atoms with E-state index in [1.165, 1.54) is 77.8 Å². The van der Waals surface area contributed by atoms with Crippen molar-refractivity contribution in [2.75, 3.05) is 39.3 Å². The van der Waals surface area contributed by atoms with Crippen molar-refractivity contribution in [3.05, 3.63) is 0 Å². The maximum absolute atomic E-state index is 2.64. The molecule has 0 atom stereocenters. The molecule has 21 heavy (non-hydrogen) atoms. The Hall–Kier alpha value is -0.120. The van der Waals surface area contributed by atoms with Gasteiger partial charge in [-0.25, -0.2) is 0 Å². The molecule has 0 aromatic rings. The normalized spacial score (nSPS) is 10.3. The highest BCUT2D eigenvalue weighted by Crippen LogP contribution is 2.01. The summed E-state index contributed by atoms with van der Waals surface area (Å²) in [6, 6.07) is 0. The Morgan fingerprint density at radius 1 is 0.476 bits per heavy atom. The highest BCUT2D eigenvalue weighted by atomic mass is 15.1. The lowest BCUT2D eigenvalue weighted by atomic mass is 10.2. The van der Waals surface area contributed by atoms with Crippen LogP contribution in [0.25, 0.3) is 0 Å². The van der Waals surface area contributed by atoms with E-state index in [2.05, 4.69) is 51.3 Å². The fraction of sp³-hybridized carbons (Fsp3) is 1.00. The zero-order valence-corrected chi connectivity index (χ0v) is 16.1. The van der Waals surface area contributed by atoms with E-state index in [4.69, 9.17) is 0 Å². The molecule has 3 nitrogen and oxygen atoms in total. The molecular weight excluding hydrogens is 258 g/mol. The van der Waals surface area contributed by atoms with Crippen molar-refractivity contribution < 1.29 is 0 Å². The fourth-order valence-corrected chi connectivity index (χ4v) is 2.15. The molecule has 0 saturated carbocycles. The number of hydrogen-bond donors (Lipinski definition) is 1. The molecule has 132 valence electrons. The Bertz CT molecular complexity index is 134. The van der Waals surface area contributed by atoms with Crippen LogP contribution in [-0.2, 0) is 0 Å². The molecule has 0 aliphatic carbocycles. The summed E-state index contributed by atoms with van der Waals surface area (Å²) in [4.78, 5) is 5.01. The van der Waals surface area contributed by atoms with Crippen molar-refractivity contribution in [2.24, 2.45) is 0 Å². The highest BCUT2D eigenvalue weighted by molar-refractivity contribution is 4.57. The zero-order chi connectivity index (χ0) is 15.6. The molecule has 0 aromatic carbocycles. The van der Waals surface area contributed by atoms with Crippen LogP contribution < -0.4 is 6.15 Å². The van der Waals surface area contributed by atoms with Crippen LogP contribution in [0.1, 0.15) is 80.1 Å². The Morgan fingerprint density at radius 2 is 0.762 bits per heavy atom. The standard InChI is InChI=1S/C12H27N.C6H15N.H3N/c1-4-7-10-13(11-8-5-2)12-9-6-3;1-4-7(5-2)6-3;/h4-12H2,1-3H3;4-6H2,1-3H3;1H3. The van der Waals surface area contributed by atoms with Crippen LogP contribution in [0.5, 0.6) is 0 Å². The number of nitrogens with zero attached hydrogens (tertiary/aromatic N) is 2. The topological polar surface area (TPSA) is 41.5 Å². The van der Waals surface area contributed by atoms with Gasteiger partial charge in [0.25, 0.3) is 0 Å². The molecule has 0 radical (unpaired) electrons. The van der Waals surface area contributed by atoms with Crippen molar-refractivity contribution in [1.82, 2.24) is 16.0 Å². The first-order chi connectivity index (χ1) is 9.69. The summed E-state index contributed by atoms with van der Waals surface area (Å²) >= 11 is 0. The Labute approximate surface area is 136 Å². The van der Waals surface area contributed by atoms with Gasteiger partial charge in [0.1, 0.15) is 0 Å². The van der Waals surface area contributed by atoms with E-state index in [9.17, 15) is 0 Å². The monoisotopic (exact) mass is 303 g/mol. The smallest absolute Gasteiger partial charge is 0.00188 e. The maximum atomic E-state index is 2.64. The van der Waals surface area contributed by atoms with Gasteiger partial charge in [0.05, 0.1) is 0 Å². The van der Waals surface area contributed by atoms with Crippen LogP contribution in [0.3, 0.4) is 0 Å². The lowest BCUT2D eigenvalue weighted by Crippen LogP contribution is -2.27. The molecule has 0 spiro atoms. The van der Waals surface area contributed by atoms with Gasteiger partial charge in [0.2, 0.25) is 0 Å². The number of unbranched alkanes of at least 4 members (excludes halogenated alkanes) is 3. The van der Waals surface area contributed by atoms with E-state index in [1.807, 2.05) is 0 Å². The van der Waals surface area contributed by atoms with Gasteiger partial charge in [0.15, 0.2) is 0 Å². The molecule has 0 aliphatic rings. The summed E-state index contributed by atoms with van der Waals surface area (Å²) in [5.41, 5.74) is 0. The molecular formula is C18H45N3. The second-order valence-corrected chi connectivity index (χ2v) is 5.52. The van der Waals surface area contributed by atoms with Gasteiger partial charge < -0.3 is 16.0 Å². The van der Waals surface area contributed by atoms with Crippen molar-refractivity contribution in [3.8, 4) is 0 Å². The zero-order valence-electron chi connectivity index (χ0n) is 16.1. The molecule has 0 unspecified atom stereocenters. The molecule has 3 N–H and O–H groups in total. The summed E-state index contributed by atoms with van der Waals surface area (Å²) < 4.78 is 0. The van der Waals surface area contributed by atoms with Crippen LogP contribution in [0, 0.1) is 0 Å². The van der Waals surface area contributed by atoms with Crippen molar-refractivity contribution in [2.45, 2.75) is 80.1 Å². The number of rotatable bonds is 12. The first-order valence-corrected chi connectivity index (χ1v) is 9.14. The Kier molecular flexibility index (Phi) is 27.2. The summed E-state index contributed by atoms with van der Waals surface area (Å²) in [6.07, 6.45) is 8.09. The van der Waals surface area contributed by atoms with E-state index in [-0.39, 0.29) is 6.15 Å². The molecule has 0 rings (SSSR count). The van der Waals surface area contributed by atoms with Gasteiger partial charge in [-0.15, -0.1) is 0 Å². The van der Waals surface area contributed by atoms with E-state index >= 15 is 0 Å². The average molecular weight is 304 g/mol. The summed E-state index contributed by atoms with van der Waals surface area (Å²) in [5, 5.41) is 0. The molecule has 0 aliphatic heterocycles. The SMILES string of the molecule is CCCCN(CCCC)CCCC.CCN(CC)CC.N. The summed E-state index contributed by atoms with van der Waals surface area (Å²) in [7, 11) is 0. The minimum absolute atomic E-state index is 0. The minimum atomic E-state index is 0. The molecule has 0 amide bonds. The number of hydrogen-bond acceptors (Lipinski definition) is 3. The lowest BCUT2D eigenvalue weighted by molar-refractivity contribution is 0.261. The fourth-order valence-electron chi connectivity index (χ4n) is 2.15.